The molecule has 0 bridgehead atoms. The molecule has 0 radical (unpaired) electrons. The molecule has 0 spiro atoms. The van der Waals surface area contributed by atoms with E-state index in [1.807, 2.05) is 0 Å². The van der Waals surface area contributed by atoms with Crippen molar-refractivity contribution in [3.63, 3.8) is 0 Å². The molecular weight excluding hydrogens is 210 g/mol. The van der Waals surface area contributed by atoms with Crippen LogP contribution in [0, 0.1) is 11.6 Å². The van der Waals surface area contributed by atoms with Crippen molar-refractivity contribution in [3.8, 4) is 11.1 Å². The molecule has 0 aromatic heterocycles. The van der Waals surface area contributed by atoms with Crippen LogP contribution in [-0.2, 0) is 0 Å². The van der Waals surface area contributed by atoms with Gasteiger partial charge >= 0.3 is 0 Å². The Kier molecular flexibility index (Phi) is 2.77. The van der Waals surface area contributed by atoms with Gasteiger partial charge in [0.05, 0.1) is 0 Å². The molecule has 0 fully saturated rings. The van der Waals surface area contributed by atoms with Crippen LogP contribution in [0.5, 0.6) is 0 Å². The minimum atomic E-state index is -0.532. The Labute approximate surface area is 91.3 Å². The summed E-state index contributed by atoms with van der Waals surface area (Å²) in [6.07, 6.45) is 0.559. The molecule has 0 heterocycles. The lowest BCUT2D eigenvalue weighted by Crippen LogP contribution is -1.92. The van der Waals surface area contributed by atoms with Crippen molar-refractivity contribution in [2.45, 2.75) is 0 Å². The van der Waals surface area contributed by atoms with E-state index < -0.39 is 11.6 Å². The van der Waals surface area contributed by atoms with E-state index >= 15 is 0 Å². The summed E-state index contributed by atoms with van der Waals surface area (Å²) in [5, 5.41) is 0. The first kappa shape index (κ1) is 10.5. The smallest absolute Gasteiger partial charge is 0.150 e. The standard InChI is InChI=1S/C13H8F2O/c14-11-5-1-3-9(7-11)13-10(8-16)4-2-6-12(13)15/h1-8H. The molecule has 0 unspecified atom stereocenters. The molecule has 0 atom stereocenters. The molecule has 0 N–H and O–H groups in total. The molecule has 1 nitrogen and oxygen atoms in total. The number of carbonyl (C=O) groups is 1. The van der Waals surface area contributed by atoms with E-state index in [2.05, 4.69) is 0 Å². The van der Waals surface area contributed by atoms with E-state index in [9.17, 15) is 13.6 Å². The Morgan fingerprint density at radius 2 is 1.75 bits per heavy atom. The van der Waals surface area contributed by atoms with Crippen molar-refractivity contribution in [3.05, 3.63) is 59.7 Å². The third-order valence-corrected chi connectivity index (χ3v) is 2.29. The van der Waals surface area contributed by atoms with Crippen LogP contribution in [0.1, 0.15) is 10.4 Å². The van der Waals surface area contributed by atoms with E-state index in [0.29, 0.717) is 11.8 Å². The summed E-state index contributed by atoms with van der Waals surface area (Å²) >= 11 is 0. The predicted molar refractivity (Wildman–Crippen MR) is 57.2 cm³/mol. The third-order valence-electron chi connectivity index (χ3n) is 2.29. The molecule has 0 aliphatic rings. The SMILES string of the molecule is O=Cc1cccc(F)c1-c1cccc(F)c1. The molecule has 2 rings (SSSR count). The fraction of sp³-hybridized carbons (Fsp3) is 0. The highest BCUT2D eigenvalue weighted by Gasteiger charge is 2.10. The number of hydrogen-bond acceptors (Lipinski definition) is 1. The molecule has 2 aromatic carbocycles. The van der Waals surface area contributed by atoms with Crippen molar-refractivity contribution in [1.82, 2.24) is 0 Å². The average Bonchev–Trinajstić information content (AvgIpc) is 2.28. The number of rotatable bonds is 2. The van der Waals surface area contributed by atoms with Crippen molar-refractivity contribution in [2.75, 3.05) is 0 Å². The van der Waals surface area contributed by atoms with Crippen LogP contribution in [0.3, 0.4) is 0 Å². The average molecular weight is 218 g/mol. The van der Waals surface area contributed by atoms with Gasteiger partial charge in [-0.15, -0.1) is 0 Å². The second-order valence-electron chi connectivity index (χ2n) is 3.33. The number of benzene rings is 2. The van der Waals surface area contributed by atoms with Gasteiger partial charge < -0.3 is 0 Å². The Balaban J connectivity index is 2.67. The molecule has 0 saturated carbocycles. The summed E-state index contributed by atoms with van der Waals surface area (Å²) in [4.78, 5) is 10.8. The summed E-state index contributed by atoms with van der Waals surface area (Å²) in [6, 6.07) is 9.70. The molecule has 80 valence electrons. The first-order valence-electron chi connectivity index (χ1n) is 4.72. The molecule has 16 heavy (non-hydrogen) atoms. The zero-order chi connectivity index (χ0) is 11.5. The van der Waals surface area contributed by atoms with E-state index in [1.165, 1.54) is 36.4 Å². The summed E-state index contributed by atoms with van der Waals surface area (Å²) in [7, 11) is 0. The molecule has 0 amide bonds. The summed E-state index contributed by atoms with van der Waals surface area (Å²) in [6.45, 7) is 0. The second-order valence-corrected chi connectivity index (χ2v) is 3.33. The van der Waals surface area contributed by atoms with Crippen molar-refractivity contribution in [2.24, 2.45) is 0 Å². The lowest BCUT2D eigenvalue weighted by atomic mass is 10.00. The zero-order valence-corrected chi connectivity index (χ0v) is 8.28. The summed E-state index contributed by atoms with van der Waals surface area (Å²) in [5.74, 6) is -0.993. The highest BCUT2D eigenvalue weighted by atomic mass is 19.1. The fourth-order valence-electron chi connectivity index (χ4n) is 1.59. The molecule has 0 aliphatic heterocycles. The van der Waals surface area contributed by atoms with Gasteiger partial charge in [0.25, 0.3) is 0 Å². The predicted octanol–water partition coefficient (Wildman–Crippen LogP) is 3.44. The number of halogens is 2. The van der Waals surface area contributed by atoms with E-state index in [-0.39, 0.29) is 11.1 Å². The van der Waals surface area contributed by atoms with Gasteiger partial charge in [0, 0.05) is 11.1 Å². The Hall–Kier alpha value is -2.03. The number of aldehydes is 1. The topological polar surface area (TPSA) is 17.1 Å². The van der Waals surface area contributed by atoms with Gasteiger partial charge in [-0.3, -0.25) is 4.79 Å². The third kappa shape index (κ3) is 1.84. The van der Waals surface area contributed by atoms with Gasteiger partial charge in [-0.2, -0.15) is 0 Å². The van der Waals surface area contributed by atoms with Crippen molar-refractivity contribution >= 4 is 6.29 Å². The first-order valence-corrected chi connectivity index (χ1v) is 4.72. The van der Waals surface area contributed by atoms with Gasteiger partial charge in [-0.25, -0.2) is 8.78 Å². The van der Waals surface area contributed by atoms with Gasteiger partial charge in [-0.05, 0) is 23.8 Å². The summed E-state index contributed by atoms with van der Waals surface area (Å²) < 4.78 is 26.6. The maximum absolute atomic E-state index is 13.6. The fourth-order valence-corrected chi connectivity index (χ4v) is 1.59. The number of carbonyl (C=O) groups excluding carboxylic acids is 1. The highest BCUT2D eigenvalue weighted by Crippen LogP contribution is 2.26. The van der Waals surface area contributed by atoms with Crippen LogP contribution in [0.25, 0.3) is 11.1 Å². The monoisotopic (exact) mass is 218 g/mol. The molecule has 3 heteroatoms. The Morgan fingerprint density at radius 3 is 2.44 bits per heavy atom. The van der Waals surface area contributed by atoms with Gasteiger partial charge in [0.1, 0.15) is 11.6 Å². The molecular formula is C13H8F2O. The van der Waals surface area contributed by atoms with Crippen molar-refractivity contribution in [1.29, 1.82) is 0 Å². The van der Waals surface area contributed by atoms with Crippen LogP contribution >= 0.6 is 0 Å². The van der Waals surface area contributed by atoms with E-state index in [1.54, 1.807) is 6.07 Å². The Morgan fingerprint density at radius 1 is 1.00 bits per heavy atom. The van der Waals surface area contributed by atoms with Crippen LogP contribution in [0.4, 0.5) is 8.78 Å². The van der Waals surface area contributed by atoms with Crippen LogP contribution in [0.2, 0.25) is 0 Å². The summed E-state index contributed by atoms with van der Waals surface area (Å²) in [5.41, 5.74) is 0.711. The highest BCUT2D eigenvalue weighted by molar-refractivity contribution is 5.87. The minimum absolute atomic E-state index is 0.136. The van der Waals surface area contributed by atoms with Gasteiger partial charge in [0.15, 0.2) is 6.29 Å². The lowest BCUT2D eigenvalue weighted by Gasteiger charge is -2.06. The maximum Gasteiger partial charge on any atom is 0.150 e. The maximum atomic E-state index is 13.6. The zero-order valence-electron chi connectivity index (χ0n) is 8.28. The van der Waals surface area contributed by atoms with Gasteiger partial charge in [0.2, 0.25) is 0 Å². The molecule has 0 saturated heterocycles. The van der Waals surface area contributed by atoms with E-state index in [4.69, 9.17) is 0 Å². The van der Waals surface area contributed by atoms with Crippen molar-refractivity contribution < 1.29 is 13.6 Å². The normalized spacial score (nSPS) is 10.1. The molecule has 0 aliphatic carbocycles. The second kappa shape index (κ2) is 4.23. The van der Waals surface area contributed by atoms with E-state index in [0.717, 1.165) is 0 Å². The van der Waals surface area contributed by atoms with Crippen LogP contribution in [-0.4, -0.2) is 6.29 Å². The molecule has 2 aromatic rings. The quantitative estimate of drug-likeness (QED) is 0.705. The number of hydrogen-bond donors (Lipinski definition) is 0. The van der Waals surface area contributed by atoms with Crippen LogP contribution < -0.4 is 0 Å². The Bertz CT molecular complexity index is 535. The van der Waals surface area contributed by atoms with Gasteiger partial charge in [-0.1, -0.05) is 24.3 Å². The largest absolute Gasteiger partial charge is 0.298 e. The first-order chi connectivity index (χ1) is 7.72. The lowest BCUT2D eigenvalue weighted by molar-refractivity contribution is 0.112. The minimum Gasteiger partial charge on any atom is -0.298 e. The van der Waals surface area contributed by atoms with Crippen LogP contribution in [0.15, 0.2) is 42.5 Å².